The van der Waals surface area contributed by atoms with E-state index in [9.17, 15) is 13.2 Å². The average molecular weight is 501 g/mol. The van der Waals surface area contributed by atoms with Gasteiger partial charge in [0.25, 0.3) is 0 Å². The molecule has 0 bridgehead atoms. The molecule has 0 fully saturated rings. The Labute approximate surface area is 203 Å². The zero-order valence-electron chi connectivity index (χ0n) is 19.4. The van der Waals surface area contributed by atoms with E-state index in [1.165, 1.54) is 11.3 Å². The second-order valence-corrected chi connectivity index (χ2v) is 12.0. The number of sulfone groups is 1. The number of benzene rings is 1. The van der Waals surface area contributed by atoms with Crippen LogP contribution in [-0.2, 0) is 34.1 Å². The molecule has 0 radical (unpaired) electrons. The summed E-state index contributed by atoms with van der Waals surface area (Å²) in [6, 6.07) is 6.58. The normalized spacial score (nSPS) is 16.1. The van der Waals surface area contributed by atoms with E-state index < -0.39 is 9.84 Å². The molecule has 0 saturated heterocycles. The quantitative estimate of drug-likeness (QED) is 0.482. The summed E-state index contributed by atoms with van der Waals surface area (Å²) in [5.74, 6) is 0.452. The number of nitrogen functional groups attached to an aromatic ring is 1. The van der Waals surface area contributed by atoms with Gasteiger partial charge in [0.1, 0.15) is 0 Å². The minimum Gasteiger partial charge on any atom is -0.368 e. The number of carbonyl (C=O) groups is 1. The molecule has 180 valence electrons. The molecule has 11 heteroatoms. The van der Waals surface area contributed by atoms with Crippen molar-refractivity contribution < 1.29 is 13.2 Å². The highest BCUT2D eigenvalue weighted by Gasteiger charge is 2.36. The number of aromatic nitrogens is 3. The number of hydrogen-bond donors (Lipinski definition) is 2. The Morgan fingerprint density at radius 1 is 1.21 bits per heavy atom. The van der Waals surface area contributed by atoms with Gasteiger partial charge >= 0.3 is 0 Å². The Hall–Kier alpha value is -2.89. The molecule has 2 aromatic heterocycles. The van der Waals surface area contributed by atoms with Crippen molar-refractivity contribution in [2.24, 2.45) is 5.92 Å². The summed E-state index contributed by atoms with van der Waals surface area (Å²) in [5, 5.41) is 3.49. The molecule has 1 aliphatic heterocycles. The Bertz CT molecular complexity index is 1270. The first-order valence-electron chi connectivity index (χ1n) is 11.1. The maximum atomic E-state index is 12.6. The van der Waals surface area contributed by atoms with Gasteiger partial charge in [-0.3, -0.25) is 9.69 Å². The van der Waals surface area contributed by atoms with Crippen LogP contribution in [0, 0.1) is 5.92 Å². The molecule has 9 nitrogen and oxygen atoms in total. The number of nitrogens with one attached hydrogen (secondary N) is 1. The number of amides is 1. The third-order valence-electron chi connectivity index (χ3n) is 5.76. The average Bonchev–Trinajstić information content (AvgIpc) is 3.31. The van der Waals surface area contributed by atoms with Crippen LogP contribution in [0.25, 0.3) is 0 Å². The molecule has 0 aliphatic carbocycles. The lowest BCUT2D eigenvalue weighted by atomic mass is 10.0. The number of nitrogens with two attached hydrogens (primary N) is 1. The highest BCUT2D eigenvalue weighted by atomic mass is 32.2. The van der Waals surface area contributed by atoms with Crippen molar-refractivity contribution in [3.05, 3.63) is 58.4 Å². The Morgan fingerprint density at radius 2 is 1.88 bits per heavy atom. The fourth-order valence-corrected chi connectivity index (χ4v) is 6.05. The van der Waals surface area contributed by atoms with E-state index >= 15 is 0 Å². The van der Waals surface area contributed by atoms with E-state index in [4.69, 9.17) is 10.7 Å². The van der Waals surface area contributed by atoms with Crippen LogP contribution < -0.4 is 11.1 Å². The van der Waals surface area contributed by atoms with Crippen molar-refractivity contribution in [2.75, 3.05) is 16.8 Å². The van der Waals surface area contributed by atoms with Crippen molar-refractivity contribution in [3.8, 4) is 0 Å². The van der Waals surface area contributed by atoms with Crippen LogP contribution in [0.15, 0.2) is 41.6 Å². The number of carbonyl (C=O) groups excluding carboxylic acids is 1. The van der Waals surface area contributed by atoms with E-state index in [1.807, 2.05) is 0 Å². The van der Waals surface area contributed by atoms with Gasteiger partial charge < -0.3 is 11.1 Å². The van der Waals surface area contributed by atoms with Crippen LogP contribution in [0.5, 0.6) is 0 Å². The second kappa shape index (κ2) is 9.77. The van der Waals surface area contributed by atoms with Gasteiger partial charge in [0.05, 0.1) is 28.8 Å². The fourth-order valence-electron chi connectivity index (χ4n) is 4.12. The van der Waals surface area contributed by atoms with E-state index in [0.29, 0.717) is 17.6 Å². The molecule has 0 saturated carbocycles. The molecule has 3 N–H and O–H groups in total. The lowest BCUT2D eigenvalue weighted by molar-refractivity contribution is -0.115. The second-order valence-electron chi connectivity index (χ2n) is 8.64. The molecule has 0 spiro atoms. The Kier molecular flexibility index (Phi) is 6.96. The SMILES string of the molecule is CCS(=O)(=O)c1ccc(CC(=O)Nc2nc3c(s2)CN(Cc2cnc(N)nc2)[C@H]3C(C)C)cc1. The van der Waals surface area contributed by atoms with Gasteiger partial charge in [-0.1, -0.05) is 32.9 Å². The summed E-state index contributed by atoms with van der Waals surface area (Å²) >= 11 is 1.49. The van der Waals surface area contributed by atoms with Gasteiger partial charge in [-0.05, 0) is 23.6 Å². The van der Waals surface area contributed by atoms with Gasteiger partial charge in [0.15, 0.2) is 15.0 Å². The lowest BCUT2D eigenvalue weighted by Crippen LogP contribution is -2.26. The highest BCUT2D eigenvalue weighted by molar-refractivity contribution is 7.91. The van der Waals surface area contributed by atoms with Gasteiger partial charge in [-0.25, -0.2) is 23.4 Å². The monoisotopic (exact) mass is 500 g/mol. The minimum atomic E-state index is -3.25. The van der Waals surface area contributed by atoms with Crippen molar-refractivity contribution in [1.29, 1.82) is 0 Å². The first-order chi connectivity index (χ1) is 16.2. The van der Waals surface area contributed by atoms with Crippen LogP contribution in [-0.4, -0.2) is 39.9 Å². The van der Waals surface area contributed by atoms with Gasteiger partial charge in [-0.2, -0.15) is 0 Å². The van der Waals surface area contributed by atoms with Crippen molar-refractivity contribution >= 4 is 38.2 Å². The molecule has 4 rings (SSSR count). The predicted molar refractivity (Wildman–Crippen MR) is 132 cm³/mol. The first-order valence-corrected chi connectivity index (χ1v) is 13.5. The van der Waals surface area contributed by atoms with Crippen molar-refractivity contribution in [1.82, 2.24) is 19.9 Å². The largest absolute Gasteiger partial charge is 0.368 e. The van der Waals surface area contributed by atoms with E-state index in [1.54, 1.807) is 43.6 Å². The number of nitrogens with zero attached hydrogens (tertiary/aromatic N) is 4. The Morgan fingerprint density at radius 3 is 2.50 bits per heavy atom. The number of rotatable bonds is 8. The minimum absolute atomic E-state index is 0.0457. The maximum Gasteiger partial charge on any atom is 0.230 e. The molecule has 1 amide bonds. The van der Waals surface area contributed by atoms with E-state index in [0.717, 1.165) is 28.2 Å². The van der Waals surface area contributed by atoms with Crippen molar-refractivity contribution in [3.63, 3.8) is 0 Å². The Balaban J connectivity index is 1.41. The van der Waals surface area contributed by atoms with Gasteiger partial charge in [-0.15, -0.1) is 11.3 Å². The first kappa shape index (κ1) is 24.2. The van der Waals surface area contributed by atoms with Crippen LogP contribution in [0.1, 0.15) is 48.5 Å². The summed E-state index contributed by atoms with van der Waals surface area (Å²) < 4.78 is 23.9. The van der Waals surface area contributed by atoms with Crippen LogP contribution in [0.2, 0.25) is 0 Å². The lowest BCUT2D eigenvalue weighted by Gasteiger charge is -2.27. The molecule has 1 atom stereocenters. The summed E-state index contributed by atoms with van der Waals surface area (Å²) in [6.45, 7) is 7.36. The topological polar surface area (TPSA) is 131 Å². The zero-order valence-corrected chi connectivity index (χ0v) is 21.0. The molecular formula is C23H28N6O3S2. The molecule has 1 aliphatic rings. The van der Waals surface area contributed by atoms with E-state index in [2.05, 4.69) is 34.0 Å². The summed E-state index contributed by atoms with van der Waals surface area (Å²) in [6.07, 6.45) is 3.64. The summed E-state index contributed by atoms with van der Waals surface area (Å²) in [4.78, 5) is 29.3. The van der Waals surface area contributed by atoms with Crippen molar-refractivity contribution in [2.45, 2.75) is 51.2 Å². The van der Waals surface area contributed by atoms with Crippen LogP contribution in [0.3, 0.4) is 0 Å². The molecule has 3 aromatic rings. The maximum absolute atomic E-state index is 12.6. The van der Waals surface area contributed by atoms with Gasteiger partial charge in [0, 0.05) is 35.9 Å². The molecule has 3 heterocycles. The summed E-state index contributed by atoms with van der Waals surface area (Å²) in [5.41, 5.74) is 8.33. The number of anilines is 2. The molecule has 1 aromatic carbocycles. The number of fused-ring (bicyclic) bond motifs is 1. The molecule has 0 unspecified atom stereocenters. The highest BCUT2D eigenvalue weighted by Crippen LogP contribution is 2.43. The smallest absolute Gasteiger partial charge is 0.230 e. The molecule has 34 heavy (non-hydrogen) atoms. The standard InChI is InChI=1S/C23H28N6O3S2/c1-4-34(31,32)17-7-5-15(6-8-17)9-19(30)27-23-28-20-18(33-23)13-29(21(20)14(2)3)12-16-10-25-22(24)26-11-16/h5-8,10-11,14,21H,4,9,12-13H2,1-3H3,(H2,24,25,26)(H,27,28,30)/t21-/m0/s1. The fraction of sp³-hybridized carbons (Fsp3) is 0.391. The third kappa shape index (κ3) is 5.26. The zero-order chi connectivity index (χ0) is 24.5. The van der Waals surface area contributed by atoms with Crippen LogP contribution in [0.4, 0.5) is 11.1 Å². The van der Waals surface area contributed by atoms with Gasteiger partial charge in [0.2, 0.25) is 11.9 Å². The summed E-state index contributed by atoms with van der Waals surface area (Å²) in [7, 11) is -3.25. The number of hydrogen-bond acceptors (Lipinski definition) is 9. The molecular weight excluding hydrogens is 472 g/mol. The number of thiazole rings is 1. The third-order valence-corrected chi connectivity index (χ3v) is 8.49. The van der Waals surface area contributed by atoms with Crippen LogP contribution >= 0.6 is 11.3 Å². The van der Waals surface area contributed by atoms with E-state index in [-0.39, 0.29) is 35.0 Å². The predicted octanol–water partition coefficient (Wildman–Crippen LogP) is 3.20.